The van der Waals surface area contributed by atoms with Crippen molar-refractivity contribution in [2.75, 3.05) is 19.6 Å². The van der Waals surface area contributed by atoms with Gasteiger partial charge in [0.05, 0.1) is 0 Å². The van der Waals surface area contributed by atoms with Crippen LogP contribution in [0.3, 0.4) is 0 Å². The van der Waals surface area contributed by atoms with E-state index in [0.717, 1.165) is 12.0 Å². The Balaban J connectivity index is 1.86. The van der Waals surface area contributed by atoms with Crippen LogP contribution in [0.15, 0.2) is 0 Å². The summed E-state index contributed by atoms with van der Waals surface area (Å²) >= 11 is 0. The highest BCUT2D eigenvalue weighted by Gasteiger charge is 2.26. The molecule has 1 saturated carbocycles. The lowest BCUT2D eigenvalue weighted by atomic mass is 9.93. The topological polar surface area (TPSA) is 15.3 Å². The van der Waals surface area contributed by atoms with Gasteiger partial charge in [-0.1, -0.05) is 46.0 Å². The summed E-state index contributed by atoms with van der Waals surface area (Å²) < 4.78 is 0. The van der Waals surface area contributed by atoms with Gasteiger partial charge in [0.25, 0.3) is 0 Å². The van der Waals surface area contributed by atoms with Crippen molar-refractivity contribution in [3.8, 4) is 0 Å². The third-order valence-electron chi connectivity index (χ3n) is 4.63. The van der Waals surface area contributed by atoms with E-state index in [9.17, 15) is 0 Å². The fourth-order valence-corrected chi connectivity index (χ4v) is 3.38. The quantitative estimate of drug-likeness (QED) is 0.795. The molecule has 2 nitrogen and oxygen atoms in total. The Bertz CT molecular complexity index is 207. The van der Waals surface area contributed by atoms with E-state index in [4.69, 9.17) is 0 Å². The van der Waals surface area contributed by atoms with Crippen LogP contribution < -0.4 is 5.32 Å². The molecule has 0 aromatic rings. The molecule has 2 aliphatic rings. The fraction of sp³-hybridized carbons (Fsp3) is 1.00. The van der Waals surface area contributed by atoms with Gasteiger partial charge in [-0.05, 0) is 18.8 Å². The molecule has 0 radical (unpaired) electrons. The standard InChI is InChI=1S/C15H30N2/c1-13(2)15-12-17(11-10-16-15)14-8-6-4-3-5-7-9-14/h13-16H,3-12H2,1-2H3. The molecule has 0 aromatic heterocycles. The van der Waals surface area contributed by atoms with Crippen LogP contribution in [0.25, 0.3) is 0 Å². The molecular formula is C15H30N2. The van der Waals surface area contributed by atoms with Crippen LogP contribution in [0.4, 0.5) is 0 Å². The van der Waals surface area contributed by atoms with E-state index in [-0.39, 0.29) is 0 Å². The van der Waals surface area contributed by atoms with Crippen molar-refractivity contribution < 1.29 is 0 Å². The first-order chi connectivity index (χ1) is 8.27. The third kappa shape index (κ3) is 3.96. The minimum Gasteiger partial charge on any atom is -0.311 e. The Hall–Kier alpha value is -0.0800. The average Bonchev–Trinajstić information content (AvgIpc) is 2.28. The number of nitrogens with one attached hydrogen (secondary N) is 1. The highest BCUT2D eigenvalue weighted by atomic mass is 15.2. The maximum atomic E-state index is 3.67. The number of hydrogen-bond acceptors (Lipinski definition) is 2. The lowest BCUT2D eigenvalue weighted by molar-refractivity contribution is 0.109. The number of nitrogens with zero attached hydrogens (tertiary/aromatic N) is 1. The second kappa shape index (κ2) is 6.75. The third-order valence-corrected chi connectivity index (χ3v) is 4.63. The van der Waals surface area contributed by atoms with E-state index in [1.165, 1.54) is 64.6 Å². The van der Waals surface area contributed by atoms with Crippen LogP contribution in [0.5, 0.6) is 0 Å². The molecule has 1 N–H and O–H groups in total. The molecule has 2 rings (SSSR count). The van der Waals surface area contributed by atoms with Crippen LogP contribution in [0, 0.1) is 5.92 Å². The van der Waals surface area contributed by atoms with Crippen molar-refractivity contribution in [1.82, 2.24) is 10.2 Å². The predicted octanol–water partition coefficient (Wildman–Crippen LogP) is 3.03. The van der Waals surface area contributed by atoms with E-state index in [0.29, 0.717) is 6.04 Å². The Kier molecular flexibility index (Phi) is 5.30. The summed E-state index contributed by atoms with van der Waals surface area (Å²) in [4.78, 5) is 2.78. The SMILES string of the molecule is CC(C)C1CN(C2CCCCCCC2)CCN1. The second-order valence-corrected chi connectivity index (χ2v) is 6.30. The van der Waals surface area contributed by atoms with Crippen molar-refractivity contribution in [3.63, 3.8) is 0 Å². The summed E-state index contributed by atoms with van der Waals surface area (Å²) in [6.07, 6.45) is 10.2. The van der Waals surface area contributed by atoms with Gasteiger partial charge in [-0.15, -0.1) is 0 Å². The van der Waals surface area contributed by atoms with Gasteiger partial charge in [-0.2, -0.15) is 0 Å². The Morgan fingerprint density at radius 1 is 1.00 bits per heavy atom. The first kappa shape index (κ1) is 13.4. The Labute approximate surface area is 107 Å². The summed E-state index contributed by atoms with van der Waals surface area (Å²) in [5, 5.41) is 3.67. The van der Waals surface area contributed by atoms with E-state index in [2.05, 4.69) is 24.1 Å². The summed E-state index contributed by atoms with van der Waals surface area (Å²) in [5.41, 5.74) is 0. The summed E-state index contributed by atoms with van der Waals surface area (Å²) in [7, 11) is 0. The molecule has 100 valence electrons. The molecule has 1 aliphatic heterocycles. The Morgan fingerprint density at radius 2 is 1.65 bits per heavy atom. The van der Waals surface area contributed by atoms with Gasteiger partial charge in [0.15, 0.2) is 0 Å². The molecule has 2 heteroatoms. The van der Waals surface area contributed by atoms with E-state index in [1.807, 2.05) is 0 Å². The average molecular weight is 238 g/mol. The maximum absolute atomic E-state index is 3.67. The zero-order valence-corrected chi connectivity index (χ0v) is 11.8. The van der Waals surface area contributed by atoms with Crippen LogP contribution >= 0.6 is 0 Å². The van der Waals surface area contributed by atoms with E-state index < -0.39 is 0 Å². The lowest BCUT2D eigenvalue weighted by Gasteiger charge is -2.41. The molecule has 1 aliphatic carbocycles. The summed E-state index contributed by atoms with van der Waals surface area (Å²) in [5.74, 6) is 0.770. The van der Waals surface area contributed by atoms with Gasteiger partial charge in [0, 0.05) is 31.7 Å². The van der Waals surface area contributed by atoms with Crippen LogP contribution in [-0.2, 0) is 0 Å². The normalized spacial score (nSPS) is 30.2. The second-order valence-electron chi connectivity index (χ2n) is 6.30. The summed E-state index contributed by atoms with van der Waals surface area (Å²) in [6.45, 7) is 8.44. The highest BCUT2D eigenvalue weighted by Crippen LogP contribution is 2.23. The van der Waals surface area contributed by atoms with Crippen LogP contribution in [-0.4, -0.2) is 36.6 Å². The zero-order valence-electron chi connectivity index (χ0n) is 11.8. The minimum atomic E-state index is 0.717. The largest absolute Gasteiger partial charge is 0.311 e. The van der Waals surface area contributed by atoms with E-state index >= 15 is 0 Å². The predicted molar refractivity (Wildman–Crippen MR) is 74.3 cm³/mol. The molecule has 1 atom stereocenters. The number of hydrogen-bond donors (Lipinski definition) is 1. The molecule has 1 unspecified atom stereocenters. The van der Waals surface area contributed by atoms with Crippen molar-refractivity contribution in [3.05, 3.63) is 0 Å². The van der Waals surface area contributed by atoms with Crippen molar-refractivity contribution >= 4 is 0 Å². The van der Waals surface area contributed by atoms with Crippen molar-refractivity contribution in [2.24, 2.45) is 5.92 Å². The van der Waals surface area contributed by atoms with Gasteiger partial charge in [0.2, 0.25) is 0 Å². The van der Waals surface area contributed by atoms with Crippen molar-refractivity contribution in [1.29, 1.82) is 0 Å². The monoisotopic (exact) mass is 238 g/mol. The maximum Gasteiger partial charge on any atom is 0.0218 e. The van der Waals surface area contributed by atoms with Gasteiger partial charge in [0.1, 0.15) is 0 Å². The molecule has 0 bridgehead atoms. The summed E-state index contributed by atoms with van der Waals surface area (Å²) in [6, 6.07) is 1.60. The molecule has 0 amide bonds. The van der Waals surface area contributed by atoms with Gasteiger partial charge < -0.3 is 5.32 Å². The molecule has 0 aromatic carbocycles. The van der Waals surface area contributed by atoms with Gasteiger partial charge in [-0.3, -0.25) is 4.90 Å². The lowest BCUT2D eigenvalue weighted by Crippen LogP contribution is -2.55. The molecule has 17 heavy (non-hydrogen) atoms. The van der Waals surface area contributed by atoms with Crippen LogP contribution in [0.1, 0.15) is 58.8 Å². The molecular weight excluding hydrogens is 208 g/mol. The molecule has 1 saturated heterocycles. The fourth-order valence-electron chi connectivity index (χ4n) is 3.38. The van der Waals surface area contributed by atoms with Crippen molar-refractivity contribution in [2.45, 2.75) is 70.9 Å². The number of piperazine rings is 1. The molecule has 1 heterocycles. The number of rotatable bonds is 2. The van der Waals surface area contributed by atoms with Gasteiger partial charge in [-0.25, -0.2) is 0 Å². The van der Waals surface area contributed by atoms with Crippen LogP contribution in [0.2, 0.25) is 0 Å². The first-order valence-electron chi connectivity index (χ1n) is 7.75. The highest BCUT2D eigenvalue weighted by molar-refractivity contribution is 4.85. The smallest absolute Gasteiger partial charge is 0.0218 e. The molecule has 0 spiro atoms. The van der Waals surface area contributed by atoms with E-state index in [1.54, 1.807) is 0 Å². The minimum absolute atomic E-state index is 0.717. The first-order valence-corrected chi connectivity index (χ1v) is 7.75. The Morgan fingerprint density at radius 3 is 2.29 bits per heavy atom. The zero-order chi connectivity index (χ0) is 12.1. The van der Waals surface area contributed by atoms with Gasteiger partial charge >= 0.3 is 0 Å². The molecule has 2 fully saturated rings.